The Hall–Kier alpha value is -0.830. The summed E-state index contributed by atoms with van der Waals surface area (Å²) >= 11 is 0. The quantitative estimate of drug-likeness (QED) is 0.824. The van der Waals surface area contributed by atoms with Gasteiger partial charge in [0, 0.05) is 30.9 Å². The molecule has 1 aromatic rings. The molecule has 1 fully saturated rings. The Kier molecular flexibility index (Phi) is 3.10. The van der Waals surface area contributed by atoms with Crippen LogP contribution in [0.15, 0.2) is 12.4 Å². The lowest BCUT2D eigenvalue weighted by molar-refractivity contribution is 0.388. The van der Waals surface area contributed by atoms with Crippen molar-refractivity contribution in [3.63, 3.8) is 0 Å². The van der Waals surface area contributed by atoms with E-state index in [4.69, 9.17) is 0 Å². The maximum Gasteiger partial charge on any atom is 0.0537 e. The third-order valence-corrected chi connectivity index (χ3v) is 3.55. The molecule has 1 aromatic heterocycles. The molecule has 0 radical (unpaired) electrons. The summed E-state index contributed by atoms with van der Waals surface area (Å²) in [7, 11) is 1.97. The second-order valence-electron chi connectivity index (χ2n) is 4.85. The van der Waals surface area contributed by atoms with Gasteiger partial charge in [-0.2, -0.15) is 5.10 Å². The lowest BCUT2D eigenvalue weighted by Gasteiger charge is -2.22. The van der Waals surface area contributed by atoms with Gasteiger partial charge < -0.3 is 5.32 Å². The Morgan fingerprint density at radius 1 is 1.53 bits per heavy atom. The summed E-state index contributed by atoms with van der Waals surface area (Å²) < 4.78 is 1.87. The molecule has 1 saturated carbocycles. The highest BCUT2D eigenvalue weighted by atomic mass is 15.2. The van der Waals surface area contributed by atoms with E-state index in [2.05, 4.69) is 30.5 Å². The van der Waals surface area contributed by atoms with E-state index in [1.165, 1.54) is 24.8 Å². The van der Waals surface area contributed by atoms with E-state index < -0.39 is 0 Å². The molecule has 15 heavy (non-hydrogen) atoms. The minimum absolute atomic E-state index is 0.421. The maximum absolute atomic E-state index is 4.21. The molecule has 1 aliphatic rings. The van der Waals surface area contributed by atoms with Crippen molar-refractivity contribution in [1.82, 2.24) is 15.1 Å². The molecular weight excluding hydrogens is 186 g/mol. The summed E-state index contributed by atoms with van der Waals surface area (Å²) in [5, 5.41) is 7.91. The van der Waals surface area contributed by atoms with Gasteiger partial charge in [0.2, 0.25) is 0 Å². The third kappa shape index (κ3) is 2.40. The zero-order chi connectivity index (χ0) is 10.8. The molecule has 3 unspecified atom stereocenters. The lowest BCUT2D eigenvalue weighted by atomic mass is 10.0. The molecule has 1 heterocycles. The highest BCUT2D eigenvalue weighted by Gasteiger charge is 2.24. The maximum atomic E-state index is 4.21. The van der Waals surface area contributed by atoms with Crippen molar-refractivity contribution in [1.29, 1.82) is 0 Å². The smallest absolute Gasteiger partial charge is 0.0537 e. The van der Waals surface area contributed by atoms with Gasteiger partial charge in [0.15, 0.2) is 0 Å². The van der Waals surface area contributed by atoms with Crippen LogP contribution in [0.4, 0.5) is 0 Å². The minimum atomic E-state index is 0.421. The topological polar surface area (TPSA) is 29.9 Å². The van der Waals surface area contributed by atoms with Crippen LogP contribution >= 0.6 is 0 Å². The van der Waals surface area contributed by atoms with E-state index in [9.17, 15) is 0 Å². The Labute approximate surface area is 91.9 Å². The molecule has 2 rings (SSSR count). The molecule has 0 saturated heterocycles. The van der Waals surface area contributed by atoms with Crippen LogP contribution in [0.25, 0.3) is 0 Å². The van der Waals surface area contributed by atoms with Crippen LogP contribution in [-0.2, 0) is 7.05 Å². The SMILES string of the molecule is CC(NC1CCCC1C)c1cnn(C)c1. The third-order valence-electron chi connectivity index (χ3n) is 3.55. The normalized spacial score (nSPS) is 28.2. The summed E-state index contributed by atoms with van der Waals surface area (Å²) in [6, 6.07) is 1.12. The van der Waals surface area contributed by atoms with Crippen LogP contribution in [0.3, 0.4) is 0 Å². The van der Waals surface area contributed by atoms with Gasteiger partial charge in [0.25, 0.3) is 0 Å². The van der Waals surface area contributed by atoms with Gasteiger partial charge in [-0.1, -0.05) is 13.3 Å². The van der Waals surface area contributed by atoms with Gasteiger partial charge in [-0.05, 0) is 25.7 Å². The average Bonchev–Trinajstić information content (AvgIpc) is 2.77. The molecule has 84 valence electrons. The Balaban J connectivity index is 1.94. The highest BCUT2D eigenvalue weighted by molar-refractivity contribution is 5.09. The van der Waals surface area contributed by atoms with Crippen LogP contribution < -0.4 is 5.32 Å². The summed E-state index contributed by atoms with van der Waals surface area (Å²) in [6.45, 7) is 4.57. The number of aromatic nitrogens is 2. The van der Waals surface area contributed by atoms with Gasteiger partial charge in [0.05, 0.1) is 6.20 Å². The molecule has 0 amide bonds. The van der Waals surface area contributed by atoms with Gasteiger partial charge in [-0.3, -0.25) is 4.68 Å². The minimum Gasteiger partial charge on any atom is -0.307 e. The van der Waals surface area contributed by atoms with E-state index in [1.807, 2.05) is 17.9 Å². The van der Waals surface area contributed by atoms with Crippen molar-refractivity contribution < 1.29 is 0 Å². The van der Waals surface area contributed by atoms with Crippen LogP contribution in [0.2, 0.25) is 0 Å². The summed E-state index contributed by atoms with van der Waals surface area (Å²) in [4.78, 5) is 0. The number of nitrogens with zero attached hydrogens (tertiary/aromatic N) is 2. The molecule has 0 bridgehead atoms. The number of rotatable bonds is 3. The highest BCUT2D eigenvalue weighted by Crippen LogP contribution is 2.27. The molecule has 1 N–H and O–H groups in total. The monoisotopic (exact) mass is 207 g/mol. The molecule has 1 aliphatic carbocycles. The molecule has 3 heteroatoms. The molecule has 0 aromatic carbocycles. The molecule has 0 aliphatic heterocycles. The summed E-state index contributed by atoms with van der Waals surface area (Å²) in [5.74, 6) is 0.823. The predicted molar refractivity (Wildman–Crippen MR) is 61.6 cm³/mol. The largest absolute Gasteiger partial charge is 0.307 e. The second-order valence-corrected chi connectivity index (χ2v) is 4.85. The van der Waals surface area contributed by atoms with Gasteiger partial charge in [-0.25, -0.2) is 0 Å². The first kappa shape index (κ1) is 10.7. The van der Waals surface area contributed by atoms with Crippen LogP contribution in [0.1, 0.15) is 44.7 Å². The standard InChI is InChI=1S/C12H21N3/c1-9-5-4-6-12(9)14-10(2)11-7-13-15(3)8-11/h7-10,12,14H,4-6H2,1-3H3. The van der Waals surface area contributed by atoms with Crippen LogP contribution in [0, 0.1) is 5.92 Å². The van der Waals surface area contributed by atoms with Crippen molar-refractivity contribution in [3.8, 4) is 0 Å². The van der Waals surface area contributed by atoms with Crippen LogP contribution in [-0.4, -0.2) is 15.8 Å². The van der Waals surface area contributed by atoms with E-state index in [0.29, 0.717) is 12.1 Å². The zero-order valence-corrected chi connectivity index (χ0v) is 9.90. The first-order chi connectivity index (χ1) is 7.16. The summed E-state index contributed by atoms with van der Waals surface area (Å²) in [6.07, 6.45) is 8.12. The van der Waals surface area contributed by atoms with Gasteiger partial charge in [0.1, 0.15) is 0 Å². The zero-order valence-electron chi connectivity index (χ0n) is 9.90. The second kappa shape index (κ2) is 4.35. The Morgan fingerprint density at radius 2 is 2.33 bits per heavy atom. The molecule has 0 spiro atoms. The molecule has 3 nitrogen and oxygen atoms in total. The van der Waals surface area contributed by atoms with Crippen molar-refractivity contribution in [2.24, 2.45) is 13.0 Å². The first-order valence-electron chi connectivity index (χ1n) is 5.91. The fraction of sp³-hybridized carbons (Fsp3) is 0.750. The molecule has 3 atom stereocenters. The van der Waals surface area contributed by atoms with E-state index >= 15 is 0 Å². The van der Waals surface area contributed by atoms with E-state index in [0.717, 1.165) is 5.92 Å². The Bertz CT molecular complexity index is 318. The van der Waals surface area contributed by atoms with Crippen molar-refractivity contribution >= 4 is 0 Å². The number of hydrogen-bond donors (Lipinski definition) is 1. The first-order valence-corrected chi connectivity index (χ1v) is 5.91. The van der Waals surface area contributed by atoms with Gasteiger partial charge >= 0.3 is 0 Å². The fourth-order valence-electron chi connectivity index (χ4n) is 2.47. The molecular formula is C12H21N3. The van der Waals surface area contributed by atoms with Crippen LogP contribution in [0.5, 0.6) is 0 Å². The number of hydrogen-bond acceptors (Lipinski definition) is 2. The number of nitrogens with one attached hydrogen (secondary N) is 1. The van der Waals surface area contributed by atoms with Crippen molar-refractivity contribution in [2.75, 3.05) is 0 Å². The number of aryl methyl sites for hydroxylation is 1. The van der Waals surface area contributed by atoms with Crippen molar-refractivity contribution in [3.05, 3.63) is 18.0 Å². The fourth-order valence-corrected chi connectivity index (χ4v) is 2.47. The summed E-state index contributed by atoms with van der Waals surface area (Å²) in [5.41, 5.74) is 1.29. The Morgan fingerprint density at radius 3 is 2.87 bits per heavy atom. The van der Waals surface area contributed by atoms with Gasteiger partial charge in [-0.15, -0.1) is 0 Å². The van der Waals surface area contributed by atoms with E-state index in [-0.39, 0.29) is 0 Å². The average molecular weight is 207 g/mol. The van der Waals surface area contributed by atoms with E-state index in [1.54, 1.807) is 0 Å². The lowest BCUT2D eigenvalue weighted by Crippen LogP contribution is -2.33. The predicted octanol–water partition coefficient (Wildman–Crippen LogP) is 2.26. The van der Waals surface area contributed by atoms with Crippen molar-refractivity contribution in [2.45, 2.75) is 45.2 Å².